The van der Waals surface area contributed by atoms with Crippen LogP contribution in [-0.4, -0.2) is 6.04 Å². The summed E-state index contributed by atoms with van der Waals surface area (Å²) in [6, 6.07) is 24.6. The first-order valence-corrected chi connectivity index (χ1v) is 10.3. The monoisotopic (exact) mass is 413 g/mol. The normalized spacial score (nSPS) is 12.0. The number of aryl methyl sites for hydroxylation is 1. The molecule has 0 saturated heterocycles. The number of ether oxygens (including phenoxy) is 1. The second kappa shape index (κ2) is 10.5. The summed E-state index contributed by atoms with van der Waals surface area (Å²) in [5.41, 5.74) is 3.30. The maximum atomic E-state index is 6.25. The molecule has 146 valence electrons. The number of hydrogen-bond acceptors (Lipinski definition) is 2. The molecule has 2 nitrogen and oxygen atoms in total. The molecule has 0 heterocycles. The first kappa shape index (κ1) is 20.7. The topological polar surface area (TPSA) is 21.3 Å². The van der Waals surface area contributed by atoms with Crippen LogP contribution in [0.25, 0.3) is 0 Å². The number of hydrogen-bond donors (Lipinski definition) is 1. The van der Waals surface area contributed by atoms with Gasteiger partial charge in [-0.1, -0.05) is 77.8 Å². The first-order chi connectivity index (χ1) is 13.6. The fraction of sp³-hybridized carbons (Fsp3) is 0.250. The zero-order valence-corrected chi connectivity index (χ0v) is 17.5. The van der Waals surface area contributed by atoms with Gasteiger partial charge >= 0.3 is 0 Å². The van der Waals surface area contributed by atoms with Crippen LogP contribution in [-0.2, 0) is 19.6 Å². The Labute approximate surface area is 177 Å². The maximum absolute atomic E-state index is 6.25. The molecule has 3 aromatic carbocycles. The average Bonchev–Trinajstić information content (AvgIpc) is 2.72. The summed E-state index contributed by atoms with van der Waals surface area (Å²) in [7, 11) is 0. The van der Waals surface area contributed by atoms with Crippen LogP contribution in [0.2, 0.25) is 10.0 Å². The first-order valence-electron chi connectivity index (χ1n) is 9.54. The summed E-state index contributed by atoms with van der Waals surface area (Å²) in [6.07, 6.45) is 2.15. The van der Waals surface area contributed by atoms with Crippen molar-refractivity contribution in [1.29, 1.82) is 0 Å². The number of para-hydroxylation sites is 1. The second-order valence-corrected chi connectivity index (χ2v) is 7.72. The molecular formula is C24H25Cl2NO. The third-order valence-corrected chi connectivity index (χ3v) is 5.46. The SMILES string of the molecule is CC(CCc1ccccc1)NCc1ccccc1OCc1c(Cl)cccc1Cl. The van der Waals surface area contributed by atoms with Gasteiger partial charge in [0.2, 0.25) is 0 Å². The molecule has 3 aromatic rings. The highest BCUT2D eigenvalue weighted by Gasteiger charge is 2.10. The van der Waals surface area contributed by atoms with Crippen LogP contribution < -0.4 is 10.1 Å². The van der Waals surface area contributed by atoms with E-state index in [0.29, 0.717) is 22.7 Å². The van der Waals surface area contributed by atoms with E-state index < -0.39 is 0 Å². The molecule has 4 heteroatoms. The molecule has 1 atom stereocenters. The highest BCUT2D eigenvalue weighted by molar-refractivity contribution is 6.35. The van der Waals surface area contributed by atoms with Crippen molar-refractivity contribution < 1.29 is 4.74 Å². The Kier molecular flexibility index (Phi) is 7.79. The van der Waals surface area contributed by atoms with Crippen LogP contribution in [0.15, 0.2) is 72.8 Å². The molecule has 0 fully saturated rings. The Morgan fingerprint density at radius 1 is 0.857 bits per heavy atom. The lowest BCUT2D eigenvalue weighted by atomic mass is 10.1. The molecule has 1 N–H and O–H groups in total. The Hall–Kier alpha value is -2.00. The Morgan fingerprint density at radius 2 is 1.54 bits per heavy atom. The van der Waals surface area contributed by atoms with Gasteiger partial charge in [0.1, 0.15) is 12.4 Å². The van der Waals surface area contributed by atoms with Crippen LogP contribution in [0.5, 0.6) is 5.75 Å². The summed E-state index contributed by atoms with van der Waals surface area (Å²) in [5.74, 6) is 0.848. The number of halogens is 2. The number of nitrogens with one attached hydrogen (secondary N) is 1. The highest BCUT2D eigenvalue weighted by atomic mass is 35.5. The van der Waals surface area contributed by atoms with Crippen molar-refractivity contribution >= 4 is 23.2 Å². The predicted octanol–water partition coefficient (Wildman–Crippen LogP) is 6.68. The smallest absolute Gasteiger partial charge is 0.124 e. The lowest BCUT2D eigenvalue weighted by Gasteiger charge is -2.17. The van der Waals surface area contributed by atoms with Crippen LogP contribution in [0.1, 0.15) is 30.0 Å². The minimum Gasteiger partial charge on any atom is -0.488 e. The van der Waals surface area contributed by atoms with Gasteiger partial charge in [0.15, 0.2) is 0 Å². The van der Waals surface area contributed by atoms with E-state index in [4.69, 9.17) is 27.9 Å². The average molecular weight is 414 g/mol. The molecule has 3 rings (SSSR count). The lowest BCUT2D eigenvalue weighted by molar-refractivity contribution is 0.301. The standard InChI is InChI=1S/C24H25Cl2NO/c1-18(14-15-19-8-3-2-4-9-19)27-16-20-10-5-6-13-24(20)28-17-21-22(25)11-7-12-23(21)26/h2-13,18,27H,14-17H2,1H3. The lowest BCUT2D eigenvalue weighted by Crippen LogP contribution is -2.26. The van der Waals surface area contributed by atoms with Crippen molar-refractivity contribution in [2.45, 2.75) is 39.0 Å². The van der Waals surface area contributed by atoms with E-state index >= 15 is 0 Å². The molecule has 0 aliphatic rings. The summed E-state index contributed by atoms with van der Waals surface area (Å²) < 4.78 is 6.04. The highest BCUT2D eigenvalue weighted by Crippen LogP contribution is 2.27. The molecule has 0 amide bonds. The molecule has 0 saturated carbocycles. The molecule has 1 unspecified atom stereocenters. The Balaban J connectivity index is 1.55. The van der Waals surface area contributed by atoms with E-state index in [0.717, 1.165) is 36.3 Å². The van der Waals surface area contributed by atoms with Gasteiger partial charge in [-0.15, -0.1) is 0 Å². The quantitative estimate of drug-likeness (QED) is 0.422. The maximum Gasteiger partial charge on any atom is 0.124 e. The van der Waals surface area contributed by atoms with Gasteiger partial charge in [-0.3, -0.25) is 0 Å². The Morgan fingerprint density at radius 3 is 2.29 bits per heavy atom. The fourth-order valence-electron chi connectivity index (χ4n) is 3.02. The summed E-state index contributed by atoms with van der Waals surface area (Å²) in [4.78, 5) is 0. The largest absolute Gasteiger partial charge is 0.488 e. The zero-order valence-electron chi connectivity index (χ0n) is 16.0. The number of rotatable bonds is 9. The predicted molar refractivity (Wildman–Crippen MR) is 118 cm³/mol. The van der Waals surface area contributed by atoms with Crippen molar-refractivity contribution in [3.05, 3.63) is 99.5 Å². The van der Waals surface area contributed by atoms with Gasteiger partial charge < -0.3 is 10.1 Å². The van der Waals surface area contributed by atoms with E-state index in [9.17, 15) is 0 Å². The molecule has 0 spiro atoms. The van der Waals surface area contributed by atoms with Crippen LogP contribution in [0.3, 0.4) is 0 Å². The van der Waals surface area contributed by atoms with Crippen molar-refractivity contribution in [3.63, 3.8) is 0 Å². The third kappa shape index (κ3) is 6.00. The van der Waals surface area contributed by atoms with Crippen molar-refractivity contribution in [3.8, 4) is 5.75 Å². The molecule has 28 heavy (non-hydrogen) atoms. The molecular weight excluding hydrogens is 389 g/mol. The van der Waals surface area contributed by atoms with E-state index in [2.05, 4.69) is 48.6 Å². The van der Waals surface area contributed by atoms with E-state index in [-0.39, 0.29) is 0 Å². The molecule has 0 aliphatic carbocycles. The molecule has 0 aliphatic heterocycles. The van der Waals surface area contributed by atoms with Gasteiger partial charge in [0, 0.05) is 33.8 Å². The second-order valence-electron chi connectivity index (χ2n) is 6.90. The Bertz CT molecular complexity index is 863. The van der Waals surface area contributed by atoms with Gasteiger partial charge in [-0.05, 0) is 43.5 Å². The summed E-state index contributed by atoms with van der Waals surface area (Å²) in [6.45, 7) is 3.32. The van der Waals surface area contributed by atoms with E-state index in [1.807, 2.05) is 36.4 Å². The molecule has 0 bridgehead atoms. The number of benzene rings is 3. The minimum absolute atomic E-state index is 0.346. The minimum atomic E-state index is 0.346. The molecule has 0 radical (unpaired) electrons. The third-order valence-electron chi connectivity index (χ3n) is 4.76. The van der Waals surface area contributed by atoms with Crippen LogP contribution in [0.4, 0.5) is 0 Å². The fourth-order valence-corrected chi connectivity index (χ4v) is 3.53. The van der Waals surface area contributed by atoms with Gasteiger partial charge in [0.05, 0.1) is 0 Å². The van der Waals surface area contributed by atoms with Crippen molar-refractivity contribution in [1.82, 2.24) is 5.32 Å². The van der Waals surface area contributed by atoms with Gasteiger partial charge in [-0.25, -0.2) is 0 Å². The summed E-state index contributed by atoms with van der Waals surface area (Å²) >= 11 is 12.5. The van der Waals surface area contributed by atoms with E-state index in [1.54, 1.807) is 0 Å². The van der Waals surface area contributed by atoms with Crippen LogP contribution in [0, 0.1) is 0 Å². The molecule has 0 aromatic heterocycles. The van der Waals surface area contributed by atoms with Crippen LogP contribution >= 0.6 is 23.2 Å². The summed E-state index contributed by atoms with van der Waals surface area (Å²) in [5, 5.41) is 4.84. The van der Waals surface area contributed by atoms with E-state index in [1.165, 1.54) is 5.56 Å². The van der Waals surface area contributed by atoms with Crippen molar-refractivity contribution in [2.24, 2.45) is 0 Å². The van der Waals surface area contributed by atoms with Gasteiger partial charge in [0.25, 0.3) is 0 Å². The van der Waals surface area contributed by atoms with Crippen molar-refractivity contribution in [2.75, 3.05) is 0 Å². The van der Waals surface area contributed by atoms with Gasteiger partial charge in [-0.2, -0.15) is 0 Å². The zero-order chi connectivity index (χ0) is 19.8.